The molecule has 7 heteroatoms. The molecule has 1 atom stereocenters. The van der Waals surface area contributed by atoms with Crippen LogP contribution in [0.4, 0.5) is 0 Å². The molecular formula is C20H23N3O3S. The maximum atomic E-state index is 12.7. The van der Waals surface area contributed by atoms with Crippen LogP contribution in [0.5, 0.6) is 0 Å². The Morgan fingerprint density at radius 3 is 2.41 bits per heavy atom. The second-order valence-electron chi connectivity index (χ2n) is 5.94. The molecule has 2 rings (SSSR count). The third-order valence-electron chi connectivity index (χ3n) is 3.76. The summed E-state index contributed by atoms with van der Waals surface area (Å²) in [6, 6.07) is 14.8. The number of amides is 1. The van der Waals surface area contributed by atoms with Gasteiger partial charge in [-0.2, -0.15) is 5.10 Å². The minimum atomic E-state index is -3.78. The molecule has 0 fully saturated rings. The number of carbonyl (C=O) groups is 1. The first-order valence-electron chi connectivity index (χ1n) is 8.49. The molecule has 0 saturated heterocycles. The first-order valence-corrected chi connectivity index (χ1v) is 9.98. The predicted molar refractivity (Wildman–Crippen MR) is 107 cm³/mol. The average Bonchev–Trinajstić information content (AvgIpc) is 2.65. The lowest BCUT2D eigenvalue weighted by atomic mass is 10.0. The smallest absolute Gasteiger partial charge is 0.242 e. The second-order valence-corrected chi connectivity index (χ2v) is 7.65. The number of hydrazone groups is 1. The Labute approximate surface area is 160 Å². The number of sulfonamides is 1. The van der Waals surface area contributed by atoms with E-state index in [9.17, 15) is 13.2 Å². The highest BCUT2D eigenvalue weighted by atomic mass is 32.2. The minimum Gasteiger partial charge on any atom is -0.273 e. The van der Waals surface area contributed by atoms with Crippen molar-refractivity contribution in [3.05, 3.63) is 77.9 Å². The SMILES string of the molecule is C/C=C/C=N\NC(=O)C[C@H](NS(=O)(=O)c1ccc(C)cc1)c1ccccc1. The van der Waals surface area contributed by atoms with Crippen LogP contribution in [0.1, 0.15) is 30.5 Å². The lowest BCUT2D eigenvalue weighted by molar-refractivity contribution is -0.121. The van der Waals surface area contributed by atoms with Gasteiger partial charge in [-0.15, -0.1) is 0 Å². The van der Waals surface area contributed by atoms with Gasteiger partial charge in [0.2, 0.25) is 15.9 Å². The number of rotatable bonds is 8. The van der Waals surface area contributed by atoms with E-state index < -0.39 is 22.0 Å². The summed E-state index contributed by atoms with van der Waals surface area (Å²) in [5.41, 5.74) is 4.06. The van der Waals surface area contributed by atoms with Crippen LogP contribution in [0.2, 0.25) is 0 Å². The molecule has 142 valence electrons. The average molecular weight is 385 g/mol. The Morgan fingerprint density at radius 1 is 1.11 bits per heavy atom. The maximum Gasteiger partial charge on any atom is 0.242 e. The first kappa shape index (κ1) is 20.5. The van der Waals surface area contributed by atoms with Crippen LogP contribution in [0.15, 0.2) is 76.7 Å². The van der Waals surface area contributed by atoms with Crippen molar-refractivity contribution < 1.29 is 13.2 Å². The summed E-state index contributed by atoms with van der Waals surface area (Å²) in [7, 11) is -3.78. The highest BCUT2D eigenvalue weighted by molar-refractivity contribution is 7.89. The molecule has 2 N–H and O–H groups in total. The van der Waals surface area contributed by atoms with Crippen LogP contribution in [0.3, 0.4) is 0 Å². The van der Waals surface area contributed by atoms with Crippen LogP contribution in [-0.4, -0.2) is 20.5 Å². The zero-order valence-corrected chi connectivity index (χ0v) is 16.1. The molecule has 0 aliphatic rings. The fraction of sp³-hybridized carbons (Fsp3) is 0.200. The van der Waals surface area contributed by atoms with E-state index >= 15 is 0 Å². The molecule has 0 radical (unpaired) electrons. The number of nitrogens with zero attached hydrogens (tertiary/aromatic N) is 1. The Bertz CT molecular complexity index is 905. The summed E-state index contributed by atoms with van der Waals surface area (Å²) in [6.07, 6.45) is 4.82. The number of carbonyl (C=O) groups excluding carboxylic acids is 1. The van der Waals surface area contributed by atoms with Crippen molar-refractivity contribution in [2.75, 3.05) is 0 Å². The van der Waals surface area contributed by atoms with Gasteiger partial charge in [0.25, 0.3) is 0 Å². The van der Waals surface area contributed by atoms with Gasteiger partial charge in [0, 0.05) is 12.6 Å². The highest BCUT2D eigenvalue weighted by Gasteiger charge is 2.23. The molecule has 2 aromatic rings. The Kier molecular flexibility index (Phi) is 7.45. The van der Waals surface area contributed by atoms with Crippen molar-refractivity contribution in [1.29, 1.82) is 0 Å². The lowest BCUT2D eigenvalue weighted by Gasteiger charge is -2.18. The quantitative estimate of drug-likeness (QED) is 0.541. The van der Waals surface area contributed by atoms with Crippen LogP contribution in [0.25, 0.3) is 0 Å². The Hall–Kier alpha value is -2.77. The van der Waals surface area contributed by atoms with Crippen molar-refractivity contribution in [3.63, 3.8) is 0 Å². The molecule has 0 bridgehead atoms. The molecule has 0 aromatic heterocycles. The van der Waals surface area contributed by atoms with Gasteiger partial charge in [-0.05, 0) is 37.6 Å². The molecule has 0 spiro atoms. The van der Waals surface area contributed by atoms with E-state index in [1.807, 2.05) is 19.9 Å². The van der Waals surface area contributed by atoms with Crippen molar-refractivity contribution >= 4 is 22.1 Å². The van der Waals surface area contributed by atoms with Crippen molar-refractivity contribution in [1.82, 2.24) is 10.1 Å². The third-order valence-corrected chi connectivity index (χ3v) is 5.25. The molecule has 0 unspecified atom stereocenters. The molecule has 0 aliphatic heterocycles. The van der Waals surface area contributed by atoms with Crippen LogP contribution in [0, 0.1) is 6.92 Å². The van der Waals surface area contributed by atoms with Gasteiger partial charge in [0.1, 0.15) is 0 Å². The zero-order valence-electron chi connectivity index (χ0n) is 15.3. The first-order chi connectivity index (χ1) is 12.9. The monoisotopic (exact) mass is 385 g/mol. The van der Waals surface area contributed by atoms with Gasteiger partial charge in [-0.25, -0.2) is 18.6 Å². The Morgan fingerprint density at radius 2 is 1.78 bits per heavy atom. The van der Waals surface area contributed by atoms with Crippen LogP contribution < -0.4 is 10.1 Å². The predicted octanol–water partition coefficient (Wildman–Crippen LogP) is 3.08. The summed E-state index contributed by atoms with van der Waals surface area (Å²) in [5.74, 6) is -0.392. The van der Waals surface area contributed by atoms with E-state index in [1.54, 1.807) is 60.7 Å². The number of aryl methyl sites for hydroxylation is 1. The summed E-state index contributed by atoms with van der Waals surface area (Å²) < 4.78 is 28.1. The number of benzene rings is 2. The topological polar surface area (TPSA) is 87.6 Å². The number of nitrogens with one attached hydrogen (secondary N) is 2. The molecule has 1 amide bonds. The van der Waals surface area contributed by atoms with E-state index in [2.05, 4.69) is 15.2 Å². The normalized spacial score (nSPS) is 13.1. The fourth-order valence-corrected chi connectivity index (χ4v) is 3.58. The van der Waals surface area contributed by atoms with E-state index in [4.69, 9.17) is 0 Å². The molecule has 6 nitrogen and oxygen atoms in total. The molecule has 27 heavy (non-hydrogen) atoms. The molecule has 0 heterocycles. The molecule has 0 aliphatic carbocycles. The van der Waals surface area contributed by atoms with E-state index in [0.717, 1.165) is 5.56 Å². The fourth-order valence-electron chi connectivity index (χ4n) is 2.36. The Balaban J connectivity index is 2.20. The number of allylic oxidation sites excluding steroid dienone is 2. The zero-order chi connectivity index (χ0) is 19.7. The van der Waals surface area contributed by atoms with Gasteiger partial charge in [0.15, 0.2) is 0 Å². The van der Waals surface area contributed by atoms with E-state index in [1.165, 1.54) is 6.21 Å². The minimum absolute atomic E-state index is 0.0811. The molecular weight excluding hydrogens is 362 g/mol. The second kappa shape index (κ2) is 9.80. The summed E-state index contributed by atoms with van der Waals surface area (Å²) >= 11 is 0. The van der Waals surface area contributed by atoms with Crippen LogP contribution in [-0.2, 0) is 14.8 Å². The van der Waals surface area contributed by atoms with E-state index in [-0.39, 0.29) is 11.3 Å². The molecule has 2 aromatic carbocycles. The summed E-state index contributed by atoms with van der Waals surface area (Å²) in [6.45, 7) is 3.72. The summed E-state index contributed by atoms with van der Waals surface area (Å²) in [4.78, 5) is 12.3. The van der Waals surface area contributed by atoms with Gasteiger partial charge < -0.3 is 0 Å². The van der Waals surface area contributed by atoms with Gasteiger partial charge in [-0.1, -0.05) is 54.1 Å². The highest BCUT2D eigenvalue weighted by Crippen LogP contribution is 2.20. The van der Waals surface area contributed by atoms with Gasteiger partial charge in [-0.3, -0.25) is 4.79 Å². The summed E-state index contributed by atoms with van der Waals surface area (Å²) in [5, 5.41) is 3.78. The van der Waals surface area contributed by atoms with Crippen molar-refractivity contribution in [2.45, 2.75) is 31.2 Å². The van der Waals surface area contributed by atoms with Crippen molar-refractivity contribution in [3.8, 4) is 0 Å². The van der Waals surface area contributed by atoms with Crippen LogP contribution >= 0.6 is 0 Å². The number of hydrogen-bond acceptors (Lipinski definition) is 4. The van der Waals surface area contributed by atoms with E-state index in [0.29, 0.717) is 5.56 Å². The standard InChI is InChI=1S/C20H23N3O3S/c1-3-4-14-21-22-20(24)15-19(17-8-6-5-7-9-17)23-27(25,26)18-12-10-16(2)11-13-18/h3-14,19,23H,15H2,1-2H3,(H,22,24)/b4-3+,21-14-/t19-/m0/s1. The largest absolute Gasteiger partial charge is 0.273 e. The molecule has 0 saturated carbocycles. The van der Waals surface area contributed by atoms with Crippen molar-refractivity contribution in [2.24, 2.45) is 5.10 Å². The lowest BCUT2D eigenvalue weighted by Crippen LogP contribution is -2.32. The third kappa shape index (κ3) is 6.47. The van der Waals surface area contributed by atoms with Gasteiger partial charge in [0.05, 0.1) is 10.9 Å². The maximum absolute atomic E-state index is 12.7. The van der Waals surface area contributed by atoms with Gasteiger partial charge >= 0.3 is 0 Å². The number of hydrogen-bond donors (Lipinski definition) is 2.